The fourth-order valence-electron chi connectivity index (χ4n) is 2.94. The first-order valence-corrected chi connectivity index (χ1v) is 10.5. The van der Waals surface area contributed by atoms with E-state index in [0.29, 0.717) is 28.3 Å². The van der Waals surface area contributed by atoms with Gasteiger partial charge in [0, 0.05) is 0 Å². The van der Waals surface area contributed by atoms with E-state index in [2.05, 4.69) is 5.32 Å². The number of thioether (sulfide) groups is 1. The van der Waals surface area contributed by atoms with E-state index in [1.54, 1.807) is 0 Å². The molecule has 0 saturated carbocycles. The molecule has 1 aliphatic rings. The summed E-state index contributed by atoms with van der Waals surface area (Å²) in [5, 5.41) is 11.3. The highest BCUT2D eigenvalue weighted by atomic mass is 35.5. The summed E-state index contributed by atoms with van der Waals surface area (Å²) in [5.74, 6) is -1.98. The lowest BCUT2D eigenvalue weighted by molar-refractivity contribution is -0.137. The first-order valence-electron chi connectivity index (χ1n) is 9.31. The highest BCUT2D eigenvalue weighted by Gasteiger charge is 2.37. The first kappa shape index (κ1) is 25.2. The Morgan fingerprint density at radius 2 is 1.85 bits per heavy atom. The lowest BCUT2D eigenvalue weighted by Crippen LogP contribution is -2.36. The number of rotatable bonds is 6. The summed E-state index contributed by atoms with van der Waals surface area (Å²) in [5.41, 5.74) is -0.931. The monoisotopic (exact) mass is 516 g/mol. The third-order valence-corrected chi connectivity index (χ3v) is 5.74. The van der Waals surface area contributed by atoms with Gasteiger partial charge < -0.3 is 19.9 Å². The number of ether oxygens (including phenoxy) is 2. The highest BCUT2D eigenvalue weighted by molar-refractivity contribution is 8.18. The Balaban J connectivity index is 1.78. The second kappa shape index (κ2) is 9.85. The Hall–Kier alpha value is -3.38. The van der Waals surface area contributed by atoms with E-state index in [9.17, 15) is 32.7 Å². The number of hydrogen-bond acceptors (Lipinski definition) is 7. The lowest BCUT2D eigenvalue weighted by atomic mass is 10.1. The Morgan fingerprint density at radius 3 is 2.47 bits per heavy atom. The molecule has 0 radical (unpaired) electrons. The van der Waals surface area contributed by atoms with Gasteiger partial charge in [0.1, 0.15) is 12.3 Å². The quantitative estimate of drug-likeness (QED) is 0.533. The molecule has 2 aromatic rings. The molecule has 0 unspecified atom stereocenters. The molecule has 0 aromatic heterocycles. The van der Waals surface area contributed by atoms with E-state index in [0.717, 1.165) is 12.1 Å². The number of phenolic OH excluding ortho intramolecular Hbond substituents is 1. The zero-order valence-electron chi connectivity index (χ0n) is 17.5. The van der Waals surface area contributed by atoms with Gasteiger partial charge in [-0.1, -0.05) is 11.6 Å². The predicted molar refractivity (Wildman–Crippen MR) is 119 cm³/mol. The molecule has 3 rings (SSSR count). The van der Waals surface area contributed by atoms with Gasteiger partial charge in [-0.05, 0) is 53.7 Å². The summed E-state index contributed by atoms with van der Waals surface area (Å²) in [6.07, 6.45) is -3.32. The molecule has 0 atom stereocenters. The van der Waals surface area contributed by atoms with Crippen molar-refractivity contribution in [1.82, 2.24) is 4.90 Å². The maximum absolute atomic E-state index is 13.0. The van der Waals surface area contributed by atoms with Gasteiger partial charge in [0.15, 0.2) is 11.5 Å². The zero-order valence-corrected chi connectivity index (χ0v) is 19.1. The van der Waals surface area contributed by atoms with Crippen molar-refractivity contribution in [1.29, 1.82) is 0 Å². The van der Waals surface area contributed by atoms with Gasteiger partial charge in [-0.3, -0.25) is 19.3 Å². The standard InChI is InChI=1S/C21H16ClF3N2O6S/c1-32-14-4-3-11(21(23,24)25)8-13(14)26-17(28)9-27-19(30)16(34-20(27)31)7-10-5-12(22)18(29)15(6-10)33-2/h3-8,29H,9H2,1-2H3,(H,26,28)/b16-7+. The summed E-state index contributed by atoms with van der Waals surface area (Å²) >= 11 is 6.49. The second-order valence-electron chi connectivity index (χ2n) is 6.78. The van der Waals surface area contributed by atoms with Crippen LogP contribution in [0.1, 0.15) is 11.1 Å². The average molecular weight is 517 g/mol. The van der Waals surface area contributed by atoms with E-state index < -0.39 is 35.3 Å². The molecule has 1 aliphatic heterocycles. The number of amides is 3. The van der Waals surface area contributed by atoms with Crippen molar-refractivity contribution >= 4 is 52.2 Å². The number of alkyl halides is 3. The third kappa shape index (κ3) is 5.39. The van der Waals surface area contributed by atoms with Gasteiger partial charge in [-0.25, -0.2) is 0 Å². The number of nitrogens with zero attached hydrogens (tertiary/aromatic N) is 1. The van der Waals surface area contributed by atoms with Crippen molar-refractivity contribution in [3.05, 3.63) is 51.4 Å². The number of aromatic hydroxyl groups is 1. The number of anilines is 1. The molecule has 0 bridgehead atoms. The third-order valence-electron chi connectivity index (χ3n) is 4.54. The van der Waals surface area contributed by atoms with Crippen LogP contribution in [0.5, 0.6) is 17.2 Å². The molecule has 0 spiro atoms. The number of phenols is 1. The maximum atomic E-state index is 13.0. The summed E-state index contributed by atoms with van der Waals surface area (Å²) in [6, 6.07) is 5.26. The topological polar surface area (TPSA) is 105 Å². The van der Waals surface area contributed by atoms with Crippen LogP contribution < -0.4 is 14.8 Å². The molecule has 0 aliphatic carbocycles. The van der Waals surface area contributed by atoms with Crippen LogP contribution in [0.25, 0.3) is 6.08 Å². The number of hydrogen-bond donors (Lipinski definition) is 2. The van der Waals surface area contributed by atoms with Crippen LogP contribution in [-0.2, 0) is 15.8 Å². The summed E-state index contributed by atoms with van der Waals surface area (Å²) < 4.78 is 48.9. The number of nitrogens with one attached hydrogen (secondary N) is 1. The van der Waals surface area contributed by atoms with E-state index in [1.807, 2.05) is 0 Å². The molecule has 3 amide bonds. The van der Waals surface area contributed by atoms with Crippen LogP contribution in [0.4, 0.5) is 23.7 Å². The van der Waals surface area contributed by atoms with Gasteiger partial charge in [-0.15, -0.1) is 0 Å². The summed E-state index contributed by atoms with van der Waals surface area (Å²) in [4.78, 5) is 38.0. The molecule has 13 heteroatoms. The van der Waals surface area contributed by atoms with Crippen molar-refractivity contribution < 1.29 is 42.1 Å². The second-order valence-corrected chi connectivity index (χ2v) is 8.18. The minimum atomic E-state index is -4.65. The molecule has 1 fully saturated rings. The Morgan fingerprint density at radius 1 is 1.18 bits per heavy atom. The van der Waals surface area contributed by atoms with Gasteiger partial charge in [-0.2, -0.15) is 13.2 Å². The van der Waals surface area contributed by atoms with Gasteiger partial charge in [0.2, 0.25) is 5.91 Å². The number of carbonyl (C=O) groups is 3. The van der Waals surface area contributed by atoms with Crippen molar-refractivity contribution in [2.45, 2.75) is 6.18 Å². The maximum Gasteiger partial charge on any atom is 0.416 e. The Kier molecular flexibility index (Phi) is 7.32. The van der Waals surface area contributed by atoms with E-state index in [1.165, 1.54) is 32.4 Å². The molecule has 34 heavy (non-hydrogen) atoms. The van der Waals surface area contributed by atoms with Crippen LogP contribution in [-0.4, -0.2) is 47.8 Å². The van der Waals surface area contributed by atoms with Crippen molar-refractivity contribution in [3.8, 4) is 17.2 Å². The largest absolute Gasteiger partial charge is 0.503 e. The fraction of sp³-hybridized carbons (Fsp3) is 0.190. The van der Waals surface area contributed by atoms with Crippen LogP contribution >= 0.6 is 23.4 Å². The molecular weight excluding hydrogens is 501 g/mol. The Bertz CT molecular complexity index is 1200. The SMILES string of the molecule is COc1ccc(C(F)(F)F)cc1NC(=O)CN1C(=O)S/C(=C/c2cc(Cl)c(O)c(OC)c2)C1=O. The van der Waals surface area contributed by atoms with Crippen molar-refractivity contribution in [2.75, 3.05) is 26.1 Å². The van der Waals surface area contributed by atoms with Crippen LogP contribution in [0.3, 0.4) is 0 Å². The van der Waals surface area contributed by atoms with E-state index in [-0.39, 0.29) is 32.9 Å². The lowest BCUT2D eigenvalue weighted by Gasteiger charge is -2.16. The summed E-state index contributed by atoms with van der Waals surface area (Å²) in [6.45, 7) is -0.735. The van der Waals surface area contributed by atoms with Crippen LogP contribution in [0.15, 0.2) is 35.2 Å². The molecule has 180 valence electrons. The van der Waals surface area contributed by atoms with E-state index >= 15 is 0 Å². The molecule has 2 aromatic carbocycles. The number of benzene rings is 2. The normalized spacial score (nSPS) is 15.1. The first-order chi connectivity index (χ1) is 15.9. The van der Waals surface area contributed by atoms with Gasteiger partial charge in [0.25, 0.3) is 11.1 Å². The molecule has 1 saturated heterocycles. The molecule has 2 N–H and O–H groups in total. The minimum absolute atomic E-state index is 0.0294. The number of methoxy groups -OCH3 is 2. The molecule has 8 nitrogen and oxygen atoms in total. The smallest absolute Gasteiger partial charge is 0.416 e. The van der Waals surface area contributed by atoms with Crippen molar-refractivity contribution in [3.63, 3.8) is 0 Å². The fourth-order valence-corrected chi connectivity index (χ4v) is 3.99. The predicted octanol–water partition coefficient (Wildman–Crippen LogP) is 4.76. The average Bonchev–Trinajstić information content (AvgIpc) is 3.02. The van der Waals surface area contributed by atoms with Crippen LogP contribution in [0.2, 0.25) is 5.02 Å². The Labute approximate surface area is 200 Å². The van der Waals surface area contributed by atoms with Gasteiger partial charge in [0.05, 0.1) is 35.4 Å². The van der Waals surface area contributed by atoms with Gasteiger partial charge >= 0.3 is 6.18 Å². The van der Waals surface area contributed by atoms with E-state index in [4.69, 9.17) is 21.1 Å². The number of halogens is 4. The minimum Gasteiger partial charge on any atom is -0.503 e. The number of imide groups is 1. The molecular formula is C21H16ClF3N2O6S. The number of carbonyl (C=O) groups excluding carboxylic acids is 3. The van der Waals surface area contributed by atoms with Crippen LogP contribution in [0, 0.1) is 0 Å². The van der Waals surface area contributed by atoms with Crippen molar-refractivity contribution in [2.24, 2.45) is 0 Å². The zero-order chi connectivity index (χ0) is 25.2. The summed E-state index contributed by atoms with van der Waals surface area (Å²) in [7, 11) is 2.52. The highest BCUT2D eigenvalue weighted by Crippen LogP contribution is 2.38. The molecule has 1 heterocycles.